The first-order valence-corrected chi connectivity index (χ1v) is 5.74. The molecule has 0 unspecified atom stereocenters. The van der Waals surface area contributed by atoms with Crippen LogP contribution in [0.5, 0.6) is 0 Å². The van der Waals surface area contributed by atoms with Crippen LogP contribution in [0.4, 0.5) is 0 Å². The van der Waals surface area contributed by atoms with Gasteiger partial charge >= 0.3 is 11.7 Å². The molecule has 3 rings (SSSR count). The molecule has 1 aromatic heterocycles. The van der Waals surface area contributed by atoms with Gasteiger partial charge < -0.3 is 15.0 Å². The maximum absolute atomic E-state index is 11.9. The molecule has 0 atom stereocenters. The minimum atomic E-state index is -0.399. The molecule has 2 aromatic rings. The van der Waals surface area contributed by atoms with Crippen LogP contribution in [0.3, 0.4) is 0 Å². The molecular weight excluding hydrogens is 234 g/mol. The second-order valence-electron chi connectivity index (χ2n) is 4.34. The minimum Gasteiger partial charge on any atom is -0.465 e. The molecule has 6 heteroatoms. The Morgan fingerprint density at radius 2 is 2.22 bits per heavy atom. The zero-order chi connectivity index (χ0) is 12.7. The molecule has 6 nitrogen and oxygen atoms in total. The number of carbonyl (C=O) groups excluding carboxylic acids is 1. The zero-order valence-electron chi connectivity index (χ0n) is 9.90. The van der Waals surface area contributed by atoms with Crippen molar-refractivity contribution in [2.75, 3.05) is 20.2 Å². The Hall–Kier alpha value is -2.08. The molecule has 1 fully saturated rings. The van der Waals surface area contributed by atoms with Gasteiger partial charge in [-0.3, -0.25) is 4.57 Å². The van der Waals surface area contributed by atoms with Crippen molar-refractivity contribution in [1.29, 1.82) is 0 Å². The summed E-state index contributed by atoms with van der Waals surface area (Å²) in [6.45, 7) is 1.55. The maximum Gasteiger partial charge on any atom is 0.337 e. The predicted molar refractivity (Wildman–Crippen MR) is 65.8 cm³/mol. The first-order valence-electron chi connectivity index (χ1n) is 5.74. The van der Waals surface area contributed by atoms with Gasteiger partial charge in [0.1, 0.15) is 0 Å². The Morgan fingerprint density at radius 1 is 1.44 bits per heavy atom. The van der Waals surface area contributed by atoms with Gasteiger partial charge in [-0.15, -0.1) is 0 Å². The Bertz CT molecular complexity index is 667. The van der Waals surface area contributed by atoms with Crippen LogP contribution in [-0.4, -0.2) is 35.7 Å². The summed E-state index contributed by atoms with van der Waals surface area (Å²) >= 11 is 0. The average Bonchev–Trinajstić information content (AvgIpc) is 2.63. The molecule has 2 N–H and O–H groups in total. The van der Waals surface area contributed by atoms with Crippen molar-refractivity contribution in [3.63, 3.8) is 0 Å². The van der Waals surface area contributed by atoms with Crippen molar-refractivity contribution in [2.24, 2.45) is 0 Å². The molecule has 2 heterocycles. The van der Waals surface area contributed by atoms with Gasteiger partial charge in [0, 0.05) is 13.1 Å². The van der Waals surface area contributed by atoms with Crippen molar-refractivity contribution in [1.82, 2.24) is 14.9 Å². The molecule has 0 spiro atoms. The van der Waals surface area contributed by atoms with Crippen molar-refractivity contribution in [2.45, 2.75) is 6.04 Å². The molecule has 1 saturated heterocycles. The molecule has 0 aliphatic carbocycles. The second kappa shape index (κ2) is 3.99. The number of fused-ring (bicyclic) bond motifs is 1. The fourth-order valence-electron chi connectivity index (χ4n) is 2.18. The minimum absolute atomic E-state index is 0.140. The number of hydrogen-bond acceptors (Lipinski definition) is 4. The normalized spacial score (nSPS) is 15.6. The van der Waals surface area contributed by atoms with Gasteiger partial charge in [0.15, 0.2) is 0 Å². The van der Waals surface area contributed by atoms with Gasteiger partial charge in [-0.25, -0.2) is 9.59 Å². The lowest BCUT2D eigenvalue weighted by molar-refractivity contribution is 0.0601. The van der Waals surface area contributed by atoms with Crippen molar-refractivity contribution in [3.8, 4) is 0 Å². The lowest BCUT2D eigenvalue weighted by atomic mass is 10.1. The number of hydrogen-bond donors (Lipinski definition) is 2. The largest absolute Gasteiger partial charge is 0.465 e. The number of imidazole rings is 1. The van der Waals surface area contributed by atoms with Crippen molar-refractivity contribution < 1.29 is 9.53 Å². The number of ether oxygens (including phenoxy) is 1. The van der Waals surface area contributed by atoms with E-state index in [0.717, 1.165) is 24.1 Å². The number of methoxy groups -OCH3 is 1. The molecule has 1 aliphatic rings. The van der Waals surface area contributed by atoms with Crippen LogP contribution in [-0.2, 0) is 4.74 Å². The summed E-state index contributed by atoms with van der Waals surface area (Å²) in [5.41, 5.74) is 1.79. The lowest BCUT2D eigenvalue weighted by Crippen LogP contribution is -2.46. The van der Waals surface area contributed by atoms with E-state index in [-0.39, 0.29) is 11.7 Å². The molecule has 94 valence electrons. The number of benzene rings is 1. The van der Waals surface area contributed by atoms with Crippen LogP contribution in [0.2, 0.25) is 0 Å². The number of aromatic amines is 1. The van der Waals surface area contributed by atoms with Crippen molar-refractivity contribution >= 4 is 17.0 Å². The summed E-state index contributed by atoms with van der Waals surface area (Å²) in [6.07, 6.45) is 0. The summed E-state index contributed by atoms with van der Waals surface area (Å²) in [5.74, 6) is -0.399. The highest BCUT2D eigenvalue weighted by Gasteiger charge is 2.23. The Labute approximate surface area is 103 Å². The van der Waals surface area contributed by atoms with E-state index in [2.05, 4.69) is 15.0 Å². The molecular formula is C12H13N3O3. The molecule has 1 aliphatic heterocycles. The Kier molecular flexibility index (Phi) is 2.45. The smallest absolute Gasteiger partial charge is 0.337 e. The van der Waals surface area contributed by atoms with E-state index in [9.17, 15) is 9.59 Å². The van der Waals surface area contributed by atoms with Crippen LogP contribution in [0.25, 0.3) is 11.0 Å². The number of rotatable bonds is 2. The standard InChI is InChI=1S/C12H13N3O3/c1-18-11(16)7-2-3-9-10(4-7)15(12(17)14-9)8-5-13-6-8/h2-4,8,13H,5-6H2,1H3,(H,14,17). The Morgan fingerprint density at radius 3 is 2.83 bits per heavy atom. The molecule has 1 aromatic carbocycles. The van der Waals surface area contributed by atoms with Gasteiger partial charge in [0.2, 0.25) is 0 Å². The third-order valence-electron chi connectivity index (χ3n) is 3.26. The molecule has 0 radical (unpaired) electrons. The molecule has 0 amide bonds. The van der Waals surface area contributed by atoms with Gasteiger partial charge in [0.25, 0.3) is 0 Å². The highest BCUT2D eigenvalue weighted by atomic mass is 16.5. The van der Waals surface area contributed by atoms with Crippen LogP contribution in [0.15, 0.2) is 23.0 Å². The summed E-state index contributed by atoms with van der Waals surface area (Å²) in [5, 5.41) is 3.12. The highest BCUT2D eigenvalue weighted by molar-refractivity contribution is 5.93. The number of nitrogens with one attached hydrogen (secondary N) is 2. The highest BCUT2D eigenvalue weighted by Crippen LogP contribution is 2.19. The van der Waals surface area contributed by atoms with Gasteiger partial charge in [-0.2, -0.15) is 0 Å². The van der Waals surface area contributed by atoms with Gasteiger partial charge in [-0.05, 0) is 18.2 Å². The lowest BCUT2D eigenvalue weighted by Gasteiger charge is -2.28. The van der Waals surface area contributed by atoms with E-state index < -0.39 is 5.97 Å². The Balaban J connectivity index is 2.18. The average molecular weight is 247 g/mol. The van der Waals surface area contributed by atoms with E-state index in [1.807, 2.05) is 0 Å². The van der Waals surface area contributed by atoms with Crippen LogP contribution >= 0.6 is 0 Å². The van der Waals surface area contributed by atoms with Crippen LogP contribution < -0.4 is 11.0 Å². The molecule has 18 heavy (non-hydrogen) atoms. The maximum atomic E-state index is 11.9. The van der Waals surface area contributed by atoms with Gasteiger partial charge in [-0.1, -0.05) is 0 Å². The quantitative estimate of drug-likeness (QED) is 0.746. The molecule has 0 bridgehead atoms. The van der Waals surface area contributed by atoms with E-state index in [1.165, 1.54) is 7.11 Å². The molecule has 0 saturated carbocycles. The van der Waals surface area contributed by atoms with E-state index in [1.54, 1.807) is 22.8 Å². The number of H-pyrrole nitrogens is 1. The summed E-state index contributed by atoms with van der Waals surface area (Å²) in [6, 6.07) is 5.22. The summed E-state index contributed by atoms with van der Waals surface area (Å²) < 4.78 is 6.38. The first-order chi connectivity index (χ1) is 8.70. The van der Waals surface area contributed by atoms with Gasteiger partial charge in [0.05, 0.1) is 29.7 Å². The van der Waals surface area contributed by atoms with Crippen LogP contribution in [0.1, 0.15) is 16.4 Å². The number of esters is 1. The number of aromatic nitrogens is 2. The summed E-state index contributed by atoms with van der Waals surface area (Å²) in [7, 11) is 1.34. The topological polar surface area (TPSA) is 76.1 Å². The van der Waals surface area contributed by atoms with E-state index >= 15 is 0 Å². The third-order valence-corrected chi connectivity index (χ3v) is 3.26. The van der Waals surface area contributed by atoms with Crippen molar-refractivity contribution in [3.05, 3.63) is 34.2 Å². The number of carbonyl (C=O) groups is 1. The fourth-order valence-corrected chi connectivity index (χ4v) is 2.18. The number of nitrogens with zero attached hydrogens (tertiary/aromatic N) is 1. The third kappa shape index (κ3) is 1.53. The predicted octanol–water partition coefficient (Wildman–Crippen LogP) is 0.260. The SMILES string of the molecule is COC(=O)c1ccc2[nH]c(=O)n(C3CNC3)c2c1. The van der Waals surface area contributed by atoms with E-state index in [0.29, 0.717) is 5.56 Å². The first kappa shape index (κ1) is 11.0. The zero-order valence-corrected chi connectivity index (χ0v) is 9.90. The van der Waals surface area contributed by atoms with Crippen LogP contribution in [0, 0.1) is 0 Å². The monoisotopic (exact) mass is 247 g/mol. The van der Waals surface area contributed by atoms with E-state index in [4.69, 9.17) is 0 Å². The summed E-state index contributed by atoms with van der Waals surface area (Å²) in [4.78, 5) is 26.2. The second-order valence-corrected chi connectivity index (χ2v) is 4.34. The fraction of sp³-hybridized carbons (Fsp3) is 0.333.